The highest BCUT2D eigenvalue weighted by Gasteiger charge is 2.19. The summed E-state index contributed by atoms with van der Waals surface area (Å²) in [5.41, 5.74) is 0. The highest BCUT2D eigenvalue weighted by atomic mass is 16.6. The molecule has 0 rings (SSSR count). The molecule has 1 unspecified atom stereocenters. The quantitative estimate of drug-likeness (QED) is 0.0199. The summed E-state index contributed by atoms with van der Waals surface area (Å²) >= 11 is 0. The molecule has 0 aromatic carbocycles. The van der Waals surface area contributed by atoms with Gasteiger partial charge in [-0.25, -0.2) is 0 Å². The Morgan fingerprint density at radius 1 is 0.324 bits per heavy atom. The molecule has 0 spiro atoms. The molecule has 0 aromatic rings. The summed E-state index contributed by atoms with van der Waals surface area (Å²) in [5.74, 6) is -0.904. The third-order valence-corrected chi connectivity index (χ3v) is 12.1. The van der Waals surface area contributed by atoms with Crippen LogP contribution in [0.25, 0.3) is 0 Å². The van der Waals surface area contributed by atoms with Gasteiger partial charge in [-0.3, -0.25) is 14.4 Å². The average molecular weight is 948 g/mol. The summed E-state index contributed by atoms with van der Waals surface area (Å²) in [5, 5.41) is 0. The van der Waals surface area contributed by atoms with Gasteiger partial charge in [-0.15, -0.1) is 0 Å². The fourth-order valence-corrected chi connectivity index (χ4v) is 7.90. The Bertz CT molecular complexity index is 1320. The van der Waals surface area contributed by atoms with Crippen molar-refractivity contribution in [2.24, 2.45) is 0 Å². The lowest BCUT2D eigenvalue weighted by Gasteiger charge is -2.18. The van der Waals surface area contributed by atoms with Crippen molar-refractivity contribution in [3.63, 3.8) is 0 Å². The molecule has 0 aliphatic heterocycles. The standard InChI is InChI=1S/C62H106O6/c1-4-7-10-13-16-19-22-25-27-29-31-33-35-37-40-43-46-49-52-55-61(64)67-58-59(57-66-60(63)54-51-48-45-42-39-24-21-18-15-12-9-6-3)68-62(65)56-53-50-47-44-41-38-36-34-32-30-28-26-23-20-17-14-11-8-5-2/h7,9-10,12,16-21,23,25-27,59H,4-6,8,11,13-15,22,24,28-58H2,1-3H3/b10-7-,12-9-,19-16-,20-17-,21-18-,26-23-,27-25-. The van der Waals surface area contributed by atoms with Gasteiger partial charge in [0.15, 0.2) is 6.10 Å². The third kappa shape index (κ3) is 53.5. The first-order valence-electron chi connectivity index (χ1n) is 28.6. The first-order chi connectivity index (χ1) is 33.5. The van der Waals surface area contributed by atoms with E-state index in [1.165, 1.54) is 122 Å². The zero-order valence-corrected chi connectivity index (χ0v) is 44.6. The molecule has 0 heterocycles. The molecule has 0 saturated carbocycles. The maximum absolute atomic E-state index is 12.9. The number of hydrogen-bond acceptors (Lipinski definition) is 6. The first kappa shape index (κ1) is 64.6. The van der Waals surface area contributed by atoms with Gasteiger partial charge in [0.05, 0.1) is 0 Å². The minimum atomic E-state index is -0.787. The van der Waals surface area contributed by atoms with Crippen LogP contribution < -0.4 is 0 Å². The van der Waals surface area contributed by atoms with E-state index in [4.69, 9.17) is 14.2 Å². The second-order valence-electron chi connectivity index (χ2n) is 18.8. The molecular formula is C62H106O6. The minimum absolute atomic E-state index is 0.0851. The Labute approximate surface area is 420 Å². The summed E-state index contributed by atoms with van der Waals surface area (Å²) in [4.78, 5) is 38.1. The molecular weight excluding hydrogens is 841 g/mol. The third-order valence-electron chi connectivity index (χ3n) is 12.1. The molecule has 390 valence electrons. The van der Waals surface area contributed by atoms with Crippen molar-refractivity contribution in [3.05, 3.63) is 85.1 Å². The minimum Gasteiger partial charge on any atom is -0.462 e. The maximum atomic E-state index is 12.9. The lowest BCUT2D eigenvalue weighted by molar-refractivity contribution is -0.167. The van der Waals surface area contributed by atoms with Crippen LogP contribution in [0.5, 0.6) is 0 Å². The van der Waals surface area contributed by atoms with Gasteiger partial charge in [0.2, 0.25) is 0 Å². The molecule has 0 fully saturated rings. The summed E-state index contributed by atoms with van der Waals surface area (Å²) in [6.45, 7) is 6.39. The number of carbonyl (C=O) groups is 3. The van der Waals surface area contributed by atoms with Crippen LogP contribution in [0.15, 0.2) is 85.1 Å². The Balaban J connectivity index is 4.36. The van der Waals surface area contributed by atoms with E-state index in [2.05, 4.69) is 106 Å². The van der Waals surface area contributed by atoms with Crippen LogP contribution in [0, 0.1) is 0 Å². The molecule has 0 aromatic heterocycles. The number of ether oxygens (including phenoxy) is 3. The second-order valence-corrected chi connectivity index (χ2v) is 18.8. The zero-order chi connectivity index (χ0) is 49.3. The predicted octanol–water partition coefficient (Wildman–Crippen LogP) is 19.2. The molecule has 1 atom stereocenters. The van der Waals surface area contributed by atoms with Crippen molar-refractivity contribution >= 4 is 17.9 Å². The van der Waals surface area contributed by atoms with Crippen molar-refractivity contribution in [2.75, 3.05) is 13.2 Å². The van der Waals surface area contributed by atoms with Crippen LogP contribution in [-0.4, -0.2) is 37.2 Å². The summed E-state index contributed by atoms with van der Waals surface area (Å²) in [7, 11) is 0. The van der Waals surface area contributed by atoms with Crippen molar-refractivity contribution in [1.82, 2.24) is 0 Å². The van der Waals surface area contributed by atoms with Crippen LogP contribution in [-0.2, 0) is 28.6 Å². The highest BCUT2D eigenvalue weighted by Crippen LogP contribution is 2.15. The number of esters is 3. The SMILES string of the molecule is CC/C=C\C/C=C\C/C=C\CCCCCCCCCCCC(=O)OCC(COC(=O)CCCCCCC/C=C\C/C=C\CC)OC(=O)CCCCCCCCCCCC/C=C\C=C/CCCCC. The Hall–Kier alpha value is -3.41. The van der Waals surface area contributed by atoms with E-state index in [1.807, 2.05) is 0 Å². The summed E-state index contributed by atoms with van der Waals surface area (Å²) in [6.07, 6.45) is 72.9. The normalized spacial score (nSPS) is 12.7. The summed E-state index contributed by atoms with van der Waals surface area (Å²) in [6, 6.07) is 0. The Morgan fingerprint density at radius 3 is 0.985 bits per heavy atom. The van der Waals surface area contributed by atoms with Gasteiger partial charge < -0.3 is 14.2 Å². The van der Waals surface area contributed by atoms with Gasteiger partial charge in [0.1, 0.15) is 13.2 Å². The maximum Gasteiger partial charge on any atom is 0.306 e. The smallest absolute Gasteiger partial charge is 0.306 e. The highest BCUT2D eigenvalue weighted by molar-refractivity contribution is 5.71. The van der Waals surface area contributed by atoms with Gasteiger partial charge >= 0.3 is 17.9 Å². The topological polar surface area (TPSA) is 78.9 Å². The van der Waals surface area contributed by atoms with E-state index in [1.54, 1.807) is 0 Å². The van der Waals surface area contributed by atoms with Crippen LogP contribution in [0.4, 0.5) is 0 Å². The van der Waals surface area contributed by atoms with E-state index in [9.17, 15) is 14.4 Å². The van der Waals surface area contributed by atoms with Crippen molar-refractivity contribution in [3.8, 4) is 0 Å². The fraction of sp³-hybridized carbons (Fsp3) is 0.726. The predicted molar refractivity (Wildman–Crippen MR) is 293 cm³/mol. The van der Waals surface area contributed by atoms with Gasteiger partial charge in [0.25, 0.3) is 0 Å². The fourth-order valence-electron chi connectivity index (χ4n) is 7.90. The van der Waals surface area contributed by atoms with E-state index in [0.717, 1.165) is 109 Å². The van der Waals surface area contributed by atoms with Gasteiger partial charge in [-0.05, 0) is 103 Å². The van der Waals surface area contributed by atoms with Crippen LogP contribution in [0.2, 0.25) is 0 Å². The van der Waals surface area contributed by atoms with E-state index in [0.29, 0.717) is 19.3 Å². The molecule has 68 heavy (non-hydrogen) atoms. The molecule has 0 aliphatic carbocycles. The lowest BCUT2D eigenvalue weighted by atomic mass is 10.1. The molecule has 6 nitrogen and oxygen atoms in total. The summed E-state index contributed by atoms with van der Waals surface area (Å²) < 4.78 is 16.8. The van der Waals surface area contributed by atoms with Crippen LogP contribution >= 0.6 is 0 Å². The number of carbonyl (C=O) groups excluding carboxylic acids is 3. The molecule has 0 radical (unpaired) electrons. The van der Waals surface area contributed by atoms with E-state index < -0.39 is 6.10 Å². The van der Waals surface area contributed by atoms with Crippen LogP contribution in [0.3, 0.4) is 0 Å². The van der Waals surface area contributed by atoms with E-state index in [-0.39, 0.29) is 31.1 Å². The molecule has 0 amide bonds. The Kier molecular flexibility index (Phi) is 53.4. The zero-order valence-electron chi connectivity index (χ0n) is 44.6. The van der Waals surface area contributed by atoms with E-state index >= 15 is 0 Å². The number of allylic oxidation sites excluding steroid dienone is 14. The van der Waals surface area contributed by atoms with Gasteiger partial charge in [-0.1, -0.05) is 234 Å². The molecule has 0 saturated heterocycles. The van der Waals surface area contributed by atoms with Crippen LogP contribution in [0.1, 0.15) is 271 Å². The molecule has 6 heteroatoms. The second kappa shape index (κ2) is 56.2. The monoisotopic (exact) mass is 947 g/mol. The molecule has 0 bridgehead atoms. The number of rotatable bonds is 51. The largest absolute Gasteiger partial charge is 0.462 e. The van der Waals surface area contributed by atoms with Crippen molar-refractivity contribution in [1.29, 1.82) is 0 Å². The van der Waals surface area contributed by atoms with Gasteiger partial charge in [0, 0.05) is 19.3 Å². The lowest BCUT2D eigenvalue weighted by Crippen LogP contribution is -2.30. The number of hydrogen-bond donors (Lipinski definition) is 0. The first-order valence-corrected chi connectivity index (χ1v) is 28.6. The van der Waals surface area contributed by atoms with Crippen molar-refractivity contribution in [2.45, 2.75) is 277 Å². The number of unbranched alkanes of at least 4 members (excludes halogenated alkanes) is 27. The molecule has 0 aliphatic rings. The van der Waals surface area contributed by atoms with Crippen molar-refractivity contribution < 1.29 is 28.6 Å². The van der Waals surface area contributed by atoms with Gasteiger partial charge in [-0.2, -0.15) is 0 Å². The Morgan fingerprint density at radius 2 is 0.618 bits per heavy atom. The molecule has 0 N–H and O–H groups in total. The average Bonchev–Trinajstić information content (AvgIpc) is 3.34.